The summed E-state index contributed by atoms with van der Waals surface area (Å²) in [7, 11) is -3.05. The van der Waals surface area contributed by atoms with Gasteiger partial charge in [-0.3, -0.25) is 0 Å². The lowest BCUT2D eigenvalue weighted by Crippen LogP contribution is -2.40. The highest BCUT2D eigenvalue weighted by molar-refractivity contribution is 7.89. The van der Waals surface area contributed by atoms with Crippen LogP contribution in [-0.4, -0.2) is 37.6 Å². The molecule has 5 heteroatoms. The molecule has 0 radical (unpaired) electrons. The highest BCUT2D eigenvalue weighted by atomic mass is 32.2. The summed E-state index contributed by atoms with van der Waals surface area (Å²) in [6.45, 7) is 4.94. The molecule has 0 heterocycles. The molecule has 90 valence electrons. The molecule has 0 bridgehead atoms. The molecule has 15 heavy (non-hydrogen) atoms. The van der Waals surface area contributed by atoms with Gasteiger partial charge in [0.2, 0.25) is 10.0 Å². The van der Waals surface area contributed by atoms with Crippen LogP contribution in [0, 0.1) is 5.92 Å². The van der Waals surface area contributed by atoms with E-state index in [4.69, 9.17) is 5.73 Å². The topological polar surface area (TPSA) is 63.4 Å². The van der Waals surface area contributed by atoms with Crippen LogP contribution in [-0.2, 0) is 10.0 Å². The Morgan fingerprint density at radius 1 is 1.40 bits per heavy atom. The number of sulfonamides is 1. The van der Waals surface area contributed by atoms with E-state index in [1.807, 2.05) is 13.8 Å². The summed E-state index contributed by atoms with van der Waals surface area (Å²) in [4.78, 5) is 0. The van der Waals surface area contributed by atoms with Crippen molar-refractivity contribution >= 4 is 10.0 Å². The molecule has 0 aromatic carbocycles. The van der Waals surface area contributed by atoms with Crippen LogP contribution >= 0.6 is 0 Å². The number of nitrogens with zero attached hydrogens (tertiary/aromatic N) is 1. The number of hydrogen-bond donors (Lipinski definition) is 1. The van der Waals surface area contributed by atoms with Gasteiger partial charge in [0.1, 0.15) is 0 Å². The minimum absolute atomic E-state index is 0.0419. The minimum atomic E-state index is -3.05. The first-order valence-electron chi connectivity index (χ1n) is 5.67. The van der Waals surface area contributed by atoms with Crippen LogP contribution in [0.4, 0.5) is 0 Å². The number of nitrogens with two attached hydrogens (primary N) is 1. The second-order valence-electron chi connectivity index (χ2n) is 4.57. The Balaban J connectivity index is 2.59. The average Bonchev–Trinajstić information content (AvgIpc) is 2.87. The van der Waals surface area contributed by atoms with Crippen LogP contribution in [0.3, 0.4) is 0 Å². The minimum Gasteiger partial charge on any atom is -0.330 e. The molecule has 1 saturated carbocycles. The standard InChI is InChI=1S/C10H22N2O2S/c1-9(2)12(7-3-6-11)15(13,14)8-10-4-5-10/h9-10H,3-8,11H2,1-2H3. The van der Waals surface area contributed by atoms with Crippen molar-refractivity contribution in [2.45, 2.75) is 39.2 Å². The lowest BCUT2D eigenvalue weighted by molar-refractivity contribution is 0.350. The Morgan fingerprint density at radius 2 is 2.00 bits per heavy atom. The molecule has 2 N–H and O–H groups in total. The molecule has 0 unspecified atom stereocenters. The van der Waals surface area contributed by atoms with Crippen LogP contribution in [0.25, 0.3) is 0 Å². The van der Waals surface area contributed by atoms with Crippen LogP contribution in [0.15, 0.2) is 0 Å². The summed E-state index contributed by atoms with van der Waals surface area (Å²) in [5.74, 6) is 0.740. The lowest BCUT2D eigenvalue weighted by atomic mass is 10.3. The predicted octanol–water partition coefficient (Wildman–Crippen LogP) is 0.785. The average molecular weight is 234 g/mol. The first-order valence-corrected chi connectivity index (χ1v) is 7.28. The van der Waals surface area contributed by atoms with E-state index in [-0.39, 0.29) is 6.04 Å². The van der Waals surface area contributed by atoms with Gasteiger partial charge in [-0.05, 0) is 45.6 Å². The fraction of sp³-hybridized carbons (Fsp3) is 1.00. The molecule has 0 aliphatic heterocycles. The van der Waals surface area contributed by atoms with E-state index in [9.17, 15) is 8.42 Å². The van der Waals surface area contributed by atoms with E-state index < -0.39 is 10.0 Å². The summed E-state index contributed by atoms with van der Waals surface area (Å²) in [5, 5.41) is 0. The van der Waals surface area contributed by atoms with Gasteiger partial charge in [0.05, 0.1) is 5.75 Å². The van der Waals surface area contributed by atoms with E-state index in [1.54, 1.807) is 4.31 Å². The van der Waals surface area contributed by atoms with Gasteiger partial charge in [0, 0.05) is 12.6 Å². The third kappa shape index (κ3) is 4.09. The molecule has 1 aliphatic carbocycles. The molecular weight excluding hydrogens is 212 g/mol. The summed E-state index contributed by atoms with van der Waals surface area (Å²) in [6.07, 6.45) is 2.88. The fourth-order valence-corrected chi connectivity index (χ4v) is 3.81. The molecular formula is C10H22N2O2S. The van der Waals surface area contributed by atoms with Crippen molar-refractivity contribution in [2.24, 2.45) is 11.7 Å². The Morgan fingerprint density at radius 3 is 2.40 bits per heavy atom. The van der Waals surface area contributed by atoms with Gasteiger partial charge in [-0.15, -0.1) is 0 Å². The Labute approximate surface area is 92.9 Å². The van der Waals surface area contributed by atoms with Crippen molar-refractivity contribution < 1.29 is 8.42 Å². The van der Waals surface area contributed by atoms with Crippen LogP contribution < -0.4 is 5.73 Å². The van der Waals surface area contributed by atoms with E-state index in [1.165, 1.54) is 0 Å². The highest BCUT2D eigenvalue weighted by Gasteiger charge is 2.32. The van der Waals surface area contributed by atoms with Crippen molar-refractivity contribution in [2.75, 3.05) is 18.8 Å². The van der Waals surface area contributed by atoms with E-state index in [2.05, 4.69) is 0 Å². The maximum Gasteiger partial charge on any atom is 0.214 e. The summed E-state index contributed by atoms with van der Waals surface area (Å²) in [5.41, 5.74) is 5.41. The van der Waals surface area contributed by atoms with Gasteiger partial charge >= 0.3 is 0 Å². The predicted molar refractivity (Wildman–Crippen MR) is 62.0 cm³/mol. The number of rotatable bonds is 7. The monoisotopic (exact) mass is 234 g/mol. The van der Waals surface area contributed by atoms with Crippen molar-refractivity contribution in [1.82, 2.24) is 4.31 Å². The quantitative estimate of drug-likeness (QED) is 0.708. The molecule has 0 amide bonds. The smallest absolute Gasteiger partial charge is 0.214 e. The van der Waals surface area contributed by atoms with Gasteiger partial charge < -0.3 is 5.73 Å². The fourth-order valence-electron chi connectivity index (χ4n) is 1.64. The van der Waals surface area contributed by atoms with E-state index >= 15 is 0 Å². The summed E-state index contributed by atoms with van der Waals surface area (Å²) < 4.78 is 25.6. The zero-order chi connectivity index (χ0) is 11.5. The van der Waals surface area contributed by atoms with Crippen LogP contribution in [0.5, 0.6) is 0 Å². The van der Waals surface area contributed by atoms with Gasteiger partial charge in [-0.25, -0.2) is 8.42 Å². The Hall–Kier alpha value is -0.130. The summed E-state index contributed by atoms with van der Waals surface area (Å²) >= 11 is 0. The van der Waals surface area contributed by atoms with Crippen LogP contribution in [0.1, 0.15) is 33.1 Å². The zero-order valence-electron chi connectivity index (χ0n) is 9.65. The first-order chi connectivity index (χ1) is 6.97. The second-order valence-corrected chi connectivity index (χ2v) is 6.53. The largest absolute Gasteiger partial charge is 0.330 e. The van der Waals surface area contributed by atoms with E-state index in [0.29, 0.717) is 24.8 Å². The molecule has 0 aromatic rings. The van der Waals surface area contributed by atoms with Crippen molar-refractivity contribution in [3.8, 4) is 0 Å². The van der Waals surface area contributed by atoms with Crippen LogP contribution in [0.2, 0.25) is 0 Å². The highest BCUT2D eigenvalue weighted by Crippen LogP contribution is 2.31. The molecule has 0 spiro atoms. The van der Waals surface area contributed by atoms with E-state index in [0.717, 1.165) is 19.3 Å². The first kappa shape index (κ1) is 12.9. The molecule has 4 nitrogen and oxygen atoms in total. The normalized spacial score (nSPS) is 17.7. The van der Waals surface area contributed by atoms with Crippen molar-refractivity contribution in [3.05, 3.63) is 0 Å². The van der Waals surface area contributed by atoms with Gasteiger partial charge in [0.25, 0.3) is 0 Å². The zero-order valence-corrected chi connectivity index (χ0v) is 10.5. The Bertz CT molecular complexity index is 284. The van der Waals surface area contributed by atoms with Gasteiger partial charge in [-0.1, -0.05) is 0 Å². The summed E-state index contributed by atoms with van der Waals surface area (Å²) in [6, 6.07) is 0.0419. The van der Waals surface area contributed by atoms with Gasteiger partial charge in [-0.2, -0.15) is 4.31 Å². The molecule has 1 aliphatic rings. The SMILES string of the molecule is CC(C)N(CCCN)S(=O)(=O)CC1CC1. The molecule has 0 saturated heterocycles. The third-order valence-electron chi connectivity index (χ3n) is 2.66. The lowest BCUT2D eigenvalue weighted by Gasteiger charge is -2.25. The number of hydrogen-bond acceptors (Lipinski definition) is 3. The molecule has 1 fully saturated rings. The maximum absolute atomic E-state index is 12.0. The molecule has 0 aromatic heterocycles. The van der Waals surface area contributed by atoms with Gasteiger partial charge in [0.15, 0.2) is 0 Å². The maximum atomic E-state index is 12.0. The molecule has 1 rings (SSSR count). The Kier molecular flexibility index (Phi) is 4.55. The van der Waals surface area contributed by atoms with Crippen molar-refractivity contribution in [3.63, 3.8) is 0 Å². The van der Waals surface area contributed by atoms with Crippen molar-refractivity contribution in [1.29, 1.82) is 0 Å². The molecule has 0 atom stereocenters. The second kappa shape index (κ2) is 5.27. The third-order valence-corrected chi connectivity index (χ3v) is 4.87.